The SMILES string of the molecule is c1ccc2c(c1)oc1c(-c3cnccn3)cc(Cc3cc(-c4cnccn4)c4oc5ccccc5c4c3)cc12. The van der Waals surface area contributed by atoms with Gasteiger partial charge in [0, 0.05) is 57.5 Å². The summed E-state index contributed by atoms with van der Waals surface area (Å²) in [6.07, 6.45) is 11.0. The van der Waals surface area contributed by atoms with E-state index in [0.29, 0.717) is 6.42 Å². The highest BCUT2D eigenvalue weighted by atomic mass is 16.3. The van der Waals surface area contributed by atoms with Gasteiger partial charge in [-0.1, -0.05) is 36.4 Å². The van der Waals surface area contributed by atoms with Crippen LogP contribution in [0, 0.1) is 0 Å². The van der Waals surface area contributed by atoms with Crippen molar-refractivity contribution >= 4 is 43.9 Å². The topological polar surface area (TPSA) is 77.8 Å². The Morgan fingerprint density at radius 3 is 1.46 bits per heavy atom. The first kappa shape index (κ1) is 21.7. The number of aromatic nitrogens is 4. The Morgan fingerprint density at radius 2 is 1.00 bits per heavy atom. The summed E-state index contributed by atoms with van der Waals surface area (Å²) >= 11 is 0. The van der Waals surface area contributed by atoms with E-state index in [-0.39, 0.29) is 0 Å². The molecule has 0 amide bonds. The van der Waals surface area contributed by atoms with Crippen LogP contribution in [0.15, 0.2) is 119 Å². The van der Waals surface area contributed by atoms with Crippen molar-refractivity contribution in [2.24, 2.45) is 0 Å². The molecule has 0 bridgehead atoms. The van der Waals surface area contributed by atoms with E-state index in [1.165, 1.54) is 0 Å². The molecule has 0 saturated carbocycles. The van der Waals surface area contributed by atoms with Crippen LogP contribution in [0.25, 0.3) is 66.4 Å². The Kier molecular flexibility index (Phi) is 4.79. The number of para-hydroxylation sites is 2. The van der Waals surface area contributed by atoms with Gasteiger partial charge in [0.25, 0.3) is 0 Å². The number of fused-ring (bicyclic) bond motifs is 6. The predicted molar refractivity (Wildman–Crippen MR) is 152 cm³/mol. The second-order valence-corrected chi connectivity index (χ2v) is 9.59. The predicted octanol–water partition coefficient (Wildman–Crippen LogP) is 7.99. The van der Waals surface area contributed by atoms with Crippen molar-refractivity contribution in [1.29, 1.82) is 0 Å². The summed E-state index contributed by atoms with van der Waals surface area (Å²) in [5.41, 5.74) is 9.04. The number of furan rings is 2. The molecule has 39 heavy (non-hydrogen) atoms. The molecule has 0 spiro atoms. The third-order valence-corrected chi connectivity index (χ3v) is 7.16. The second-order valence-electron chi connectivity index (χ2n) is 9.59. The maximum Gasteiger partial charge on any atom is 0.144 e. The van der Waals surface area contributed by atoms with E-state index in [4.69, 9.17) is 8.83 Å². The van der Waals surface area contributed by atoms with Crippen LogP contribution in [-0.2, 0) is 6.42 Å². The number of benzene rings is 4. The smallest absolute Gasteiger partial charge is 0.144 e. The maximum absolute atomic E-state index is 6.32. The van der Waals surface area contributed by atoms with Gasteiger partial charge >= 0.3 is 0 Å². The molecular formula is C33H20N4O2. The Bertz CT molecular complexity index is 1990. The average Bonchev–Trinajstić information content (AvgIpc) is 3.56. The van der Waals surface area contributed by atoms with Crippen molar-refractivity contribution in [3.63, 3.8) is 0 Å². The van der Waals surface area contributed by atoms with Crippen LogP contribution in [0.2, 0.25) is 0 Å². The molecular weight excluding hydrogens is 484 g/mol. The zero-order chi connectivity index (χ0) is 25.8. The lowest BCUT2D eigenvalue weighted by molar-refractivity contribution is 0.669. The Morgan fingerprint density at radius 1 is 0.513 bits per heavy atom. The molecule has 0 radical (unpaired) electrons. The number of nitrogens with zero attached hydrogens (tertiary/aromatic N) is 4. The van der Waals surface area contributed by atoms with E-state index in [0.717, 1.165) is 77.5 Å². The van der Waals surface area contributed by atoms with E-state index < -0.39 is 0 Å². The number of hydrogen-bond donors (Lipinski definition) is 0. The van der Waals surface area contributed by atoms with Crippen LogP contribution in [0.3, 0.4) is 0 Å². The van der Waals surface area contributed by atoms with Crippen LogP contribution in [0.1, 0.15) is 11.1 Å². The maximum atomic E-state index is 6.32. The largest absolute Gasteiger partial charge is 0.455 e. The van der Waals surface area contributed by atoms with Gasteiger partial charge in [0.1, 0.15) is 22.3 Å². The van der Waals surface area contributed by atoms with Crippen LogP contribution in [-0.4, -0.2) is 19.9 Å². The Balaban J connectivity index is 1.36. The van der Waals surface area contributed by atoms with Crippen LogP contribution < -0.4 is 0 Å². The zero-order valence-corrected chi connectivity index (χ0v) is 20.7. The normalized spacial score (nSPS) is 11.7. The standard InChI is InChI=1S/C33H20N4O2/c1-3-7-30-22(5-1)24-14-20(16-26(32(24)38-30)28-18-34-9-11-36-28)13-21-15-25-23-6-2-4-8-31(23)39-33(25)27(17-21)29-19-35-10-12-37-29/h1-12,14-19H,13H2. The molecule has 0 aliphatic heterocycles. The third kappa shape index (κ3) is 3.57. The Hall–Kier alpha value is -5.36. The Labute approximate surface area is 222 Å². The number of rotatable bonds is 4. The van der Waals surface area contributed by atoms with E-state index in [2.05, 4.69) is 56.3 Å². The average molecular weight is 505 g/mol. The fourth-order valence-corrected chi connectivity index (χ4v) is 5.47. The molecule has 8 rings (SSSR count). The highest BCUT2D eigenvalue weighted by Gasteiger charge is 2.18. The lowest BCUT2D eigenvalue weighted by atomic mass is 9.95. The lowest BCUT2D eigenvalue weighted by Gasteiger charge is -2.09. The van der Waals surface area contributed by atoms with Gasteiger partial charge in [0.05, 0.1) is 23.8 Å². The highest BCUT2D eigenvalue weighted by molar-refractivity contribution is 6.11. The summed E-state index contributed by atoms with van der Waals surface area (Å²) in [5.74, 6) is 0. The van der Waals surface area contributed by atoms with E-state index in [1.807, 2.05) is 36.4 Å². The van der Waals surface area contributed by atoms with Gasteiger partial charge in [0.15, 0.2) is 0 Å². The lowest BCUT2D eigenvalue weighted by Crippen LogP contribution is -1.94. The summed E-state index contributed by atoms with van der Waals surface area (Å²) in [5, 5.41) is 4.28. The fraction of sp³-hybridized carbons (Fsp3) is 0.0303. The van der Waals surface area contributed by atoms with Crippen LogP contribution >= 0.6 is 0 Å². The summed E-state index contributed by atoms with van der Waals surface area (Å²) in [4.78, 5) is 17.8. The van der Waals surface area contributed by atoms with E-state index in [1.54, 1.807) is 37.2 Å². The quantitative estimate of drug-likeness (QED) is 0.242. The highest BCUT2D eigenvalue weighted by Crippen LogP contribution is 2.39. The summed E-state index contributed by atoms with van der Waals surface area (Å²) in [6.45, 7) is 0. The van der Waals surface area contributed by atoms with Crippen molar-refractivity contribution in [1.82, 2.24) is 19.9 Å². The van der Waals surface area contributed by atoms with Gasteiger partial charge < -0.3 is 8.83 Å². The van der Waals surface area contributed by atoms with Crippen molar-refractivity contribution in [2.45, 2.75) is 6.42 Å². The first-order valence-electron chi connectivity index (χ1n) is 12.7. The molecule has 0 N–H and O–H groups in total. The minimum atomic E-state index is 0.700. The summed E-state index contributed by atoms with van der Waals surface area (Å²) < 4.78 is 12.6. The molecule has 0 atom stereocenters. The third-order valence-electron chi connectivity index (χ3n) is 7.16. The van der Waals surface area contributed by atoms with Gasteiger partial charge in [-0.05, 0) is 53.9 Å². The molecule has 184 valence electrons. The first-order chi connectivity index (χ1) is 19.3. The molecule has 0 unspecified atom stereocenters. The molecule has 4 aromatic carbocycles. The summed E-state index contributed by atoms with van der Waals surface area (Å²) in [6, 6.07) is 25.0. The molecule has 4 heterocycles. The van der Waals surface area contributed by atoms with Gasteiger partial charge in [0.2, 0.25) is 0 Å². The van der Waals surface area contributed by atoms with E-state index >= 15 is 0 Å². The van der Waals surface area contributed by atoms with Crippen molar-refractivity contribution in [2.75, 3.05) is 0 Å². The van der Waals surface area contributed by atoms with Crippen LogP contribution in [0.4, 0.5) is 0 Å². The molecule has 0 saturated heterocycles. The van der Waals surface area contributed by atoms with Crippen molar-refractivity contribution < 1.29 is 8.83 Å². The van der Waals surface area contributed by atoms with Gasteiger partial charge in [-0.15, -0.1) is 0 Å². The molecule has 6 heteroatoms. The molecule has 0 aliphatic rings. The minimum absolute atomic E-state index is 0.700. The van der Waals surface area contributed by atoms with Crippen LogP contribution in [0.5, 0.6) is 0 Å². The second kappa shape index (κ2) is 8.60. The molecule has 4 aromatic heterocycles. The molecule has 6 nitrogen and oxygen atoms in total. The number of hydrogen-bond acceptors (Lipinski definition) is 6. The summed E-state index contributed by atoms with van der Waals surface area (Å²) in [7, 11) is 0. The van der Waals surface area contributed by atoms with Crippen molar-refractivity contribution in [3.05, 3.63) is 121 Å². The minimum Gasteiger partial charge on any atom is -0.455 e. The van der Waals surface area contributed by atoms with Gasteiger partial charge in [-0.2, -0.15) is 0 Å². The van der Waals surface area contributed by atoms with Gasteiger partial charge in [-0.25, -0.2) is 0 Å². The monoisotopic (exact) mass is 504 g/mol. The molecule has 0 aliphatic carbocycles. The molecule has 8 aromatic rings. The zero-order valence-electron chi connectivity index (χ0n) is 20.7. The van der Waals surface area contributed by atoms with Crippen molar-refractivity contribution in [3.8, 4) is 22.5 Å². The first-order valence-corrected chi connectivity index (χ1v) is 12.7. The van der Waals surface area contributed by atoms with Gasteiger partial charge in [-0.3, -0.25) is 19.9 Å². The van der Waals surface area contributed by atoms with E-state index in [9.17, 15) is 0 Å². The molecule has 0 fully saturated rings. The fourth-order valence-electron chi connectivity index (χ4n) is 5.47.